The maximum Gasteiger partial charge on any atom is 0.348 e. The summed E-state index contributed by atoms with van der Waals surface area (Å²) in [5, 5.41) is 10.7. The number of aliphatic carboxylic acids is 1. The number of hydrogen-bond acceptors (Lipinski definition) is 4. The van der Waals surface area contributed by atoms with Gasteiger partial charge in [0.15, 0.2) is 11.6 Å². The molecule has 5 nitrogen and oxygen atoms in total. The van der Waals surface area contributed by atoms with Gasteiger partial charge in [-0.3, -0.25) is 4.90 Å². The highest BCUT2D eigenvalue weighted by atomic mass is 19.2. The number of carbonyl (C=O) groups is 1. The molecule has 0 aliphatic carbocycles. The van der Waals surface area contributed by atoms with Gasteiger partial charge in [-0.05, 0) is 35.9 Å². The molecule has 1 aliphatic rings. The summed E-state index contributed by atoms with van der Waals surface area (Å²) < 4.78 is 37.5. The smallest absolute Gasteiger partial charge is 0.348 e. The summed E-state index contributed by atoms with van der Waals surface area (Å²) in [6, 6.07) is 10.9. The molecule has 0 spiro atoms. The summed E-state index contributed by atoms with van der Waals surface area (Å²) in [4.78, 5) is 14.0. The molecule has 1 N–H and O–H groups in total. The van der Waals surface area contributed by atoms with Crippen LogP contribution in [0.1, 0.15) is 18.4 Å². The van der Waals surface area contributed by atoms with Crippen LogP contribution in [0.25, 0.3) is 11.0 Å². The Kier molecular flexibility index (Phi) is 4.77. The number of carboxylic acid groups (broad SMARTS) is 1. The zero-order valence-corrected chi connectivity index (χ0v) is 15.0. The molecule has 1 aliphatic heterocycles. The van der Waals surface area contributed by atoms with Crippen LogP contribution in [0.2, 0.25) is 0 Å². The van der Waals surface area contributed by atoms with Crippen molar-refractivity contribution in [2.45, 2.75) is 25.0 Å². The Morgan fingerprint density at radius 3 is 2.61 bits per heavy atom. The highest BCUT2D eigenvalue weighted by Gasteiger charge is 2.44. The maximum absolute atomic E-state index is 13.4. The van der Waals surface area contributed by atoms with E-state index in [1.54, 1.807) is 6.26 Å². The average Bonchev–Trinajstić information content (AvgIpc) is 3.14. The number of likely N-dealkylation sites (tertiary alicyclic amines) is 1. The van der Waals surface area contributed by atoms with Crippen LogP contribution in [-0.2, 0) is 11.3 Å². The Hall–Kier alpha value is -2.93. The Morgan fingerprint density at radius 2 is 1.89 bits per heavy atom. The van der Waals surface area contributed by atoms with Crippen LogP contribution in [0.15, 0.2) is 53.1 Å². The third-order valence-electron chi connectivity index (χ3n) is 5.18. The fourth-order valence-corrected chi connectivity index (χ4v) is 3.57. The van der Waals surface area contributed by atoms with Crippen molar-refractivity contribution in [1.82, 2.24) is 4.90 Å². The van der Waals surface area contributed by atoms with Gasteiger partial charge in [-0.15, -0.1) is 0 Å². The largest absolute Gasteiger partial charge is 0.478 e. The Labute approximate surface area is 160 Å². The molecule has 7 heteroatoms. The van der Waals surface area contributed by atoms with Crippen LogP contribution in [0.5, 0.6) is 5.75 Å². The fourth-order valence-electron chi connectivity index (χ4n) is 3.57. The molecule has 1 fully saturated rings. The van der Waals surface area contributed by atoms with E-state index in [0.717, 1.165) is 28.7 Å². The van der Waals surface area contributed by atoms with E-state index in [4.69, 9.17) is 9.15 Å². The van der Waals surface area contributed by atoms with E-state index in [1.165, 1.54) is 6.07 Å². The third kappa shape index (κ3) is 3.57. The van der Waals surface area contributed by atoms with Gasteiger partial charge < -0.3 is 14.3 Å². The monoisotopic (exact) mass is 387 g/mol. The number of nitrogens with zero attached hydrogens (tertiary/aromatic N) is 1. The molecule has 2 aromatic carbocycles. The highest BCUT2D eigenvalue weighted by Crippen LogP contribution is 2.31. The van der Waals surface area contributed by atoms with Gasteiger partial charge in [0.25, 0.3) is 0 Å². The molecule has 0 bridgehead atoms. The minimum Gasteiger partial charge on any atom is -0.478 e. The third-order valence-corrected chi connectivity index (χ3v) is 5.18. The predicted octanol–water partition coefficient (Wildman–Crippen LogP) is 4.21. The van der Waals surface area contributed by atoms with E-state index in [0.29, 0.717) is 19.6 Å². The van der Waals surface area contributed by atoms with E-state index in [1.807, 2.05) is 18.2 Å². The zero-order chi connectivity index (χ0) is 19.7. The minimum atomic E-state index is -1.45. The molecular formula is C21H19F2NO4. The number of rotatable bonds is 5. The van der Waals surface area contributed by atoms with Crippen LogP contribution in [0.4, 0.5) is 8.78 Å². The molecule has 0 atom stereocenters. The quantitative estimate of drug-likeness (QED) is 0.711. The average molecular weight is 387 g/mol. The summed E-state index contributed by atoms with van der Waals surface area (Å²) in [6.07, 6.45) is 2.14. The second-order valence-corrected chi connectivity index (χ2v) is 7.05. The van der Waals surface area contributed by atoms with Crippen molar-refractivity contribution in [2.75, 3.05) is 13.1 Å². The first-order chi connectivity index (χ1) is 13.4. The van der Waals surface area contributed by atoms with E-state index in [2.05, 4.69) is 11.0 Å². The molecule has 2 heterocycles. The molecule has 1 saturated heterocycles. The molecule has 4 rings (SSSR count). The normalized spacial score (nSPS) is 16.9. The lowest BCUT2D eigenvalue weighted by molar-refractivity contribution is -0.159. The van der Waals surface area contributed by atoms with Crippen LogP contribution in [0.3, 0.4) is 0 Å². The van der Waals surface area contributed by atoms with Crippen LogP contribution in [0, 0.1) is 11.6 Å². The molecule has 0 saturated carbocycles. The highest BCUT2D eigenvalue weighted by molar-refractivity contribution is 5.78. The van der Waals surface area contributed by atoms with E-state index >= 15 is 0 Å². The first-order valence-electron chi connectivity index (χ1n) is 9.01. The van der Waals surface area contributed by atoms with Gasteiger partial charge in [0, 0.05) is 43.9 Å². The summed E-state index contributed by atoms with van der Waals surface area (Å²) in [6.45, 7) is 1.71. The number of ether oxygens (including phenoxy) is 1. The van der Waals surface area contributed by atoms with Gasteiger partial charge >= 0.3 is 5.97 Å². The number of benzene rings is 2. The van der Waals surface area contributed by atoms with E-state index in [9.17, 15) is 18.7 Å². The second kappa shape index (κ2) is 7.24. The standard InChI is InChI=1S/C21H19F2NO4/c22-17-3-2-16(12-18(17)23)28-21(20(25)26)6-8-24(9-7-21)13-14-1-4-19-15(11-14)5-10-27-19/h1-5,10-12H,6-9,13H2,(H,25,26). The predicted molar refractivity (Wildman–Crippen MR) is 98.1 cm³/mol. The minimum absolute atomic E-state index is 0.0140. The lowest BCUT2D eigenvalue weighted by Gasteiger charge is -2.38. The van der Waals surface area contributed by atoms with Gasteiger partial charge in [-0.25, -0.2) is 13.6 Å². The van der Waals surface area contributed by atoms with Crippen molar-refractivity contribution in [3.8, 4) is 5.75 Å². The van der Waals surface area contributed by atoms with Crippen molar-refractivity contribution < 1.29 is 27.8 Å². The molecule has 0 radical (unpaired) electrons. The van der Waals surface area contributed by atoms with Gasteiger partial charge in [0.1, 0.15) is 11.3 Å². The van der Waals surface area contributed by atoms with Gasteiger partial charge in [-0.2, -0.15) is 0 Å². The topological polar surface area (TPSA) is 62.9 Å². The van der Waals surface area contributed by atoms with Crippen molar-refractivity contribution in [3.05, 3.63) is 65.9 Å². The summed E-state index contributed by atoms with van der Waals surface area (Å²) in [7, 11) is 0. The van der Waals surface area contributed by atoms with Gasteiger partial charge in [0.05, 0.1) is 6.26 Å². The summed E-state index contributed by atoms with van der Waals surface area (Å²) in [5.41, 5.74) is 0.486. The Bertz CT molecular complexity index is 1010. The molecule has 0 unspecified atom stereocenters. The first kappa shape index (κ1) is 18.4. The van der Waals surface area contributed by atoms with Gasteiger partial charge in [0.2, 0.25) is 5.60 Å². The van der Waals surface area contributed by atoms with E-state index in [-0.39, 0.29) is 18.6 Å². The SMILES string of the molecule is O=C(O)C1(Oc2ccc(F)c(F)c2)CCN(Cc2ccc3occc3c2)CC1. The molecule has 28 heavy (non-hydrogen) atoms. The number of piperidine rings is 1. The van der Waals surface area contributed by atoms with Crippen molar-refractivity contribution >= 4 is 16.9 Å². The molecule has 146 valence electrons. The summed E-state index contributed by atoms with van der Waals surface area (Å²) in [5.74, 6) is -3.15. The lowest BCUT2D eigenvalue weighted by atomic mass is 9.90. The van der Waals surface area contributed by atoms with Crippen LogP contribution in [-0.4, -0.2) is 34.7 Å². The number of carboxylic acids is 1. The Morgan fingerprint density at radius 1 is 1.11 bits per heavy atom. The van der Waals surface area contributed by atoms with Gasteiger partial charge in [-0.1, -0.05) is 6.07 Å². The number of fused-ring (bicyclic) bond motifs is 1. The van der Waals surface area contributed by atoms with E-state index < -0.39 is 23.2 Å². The number of halogens is 2. The molecule has 1 aromatic heterocycles. The van der Waals surface area contributed by atoms with Crippen LogP contribution >= 0.6 is 0 Å². The van der Waals surface area contributed by atoms with Crippen molar-refractivity contribution in [1.29, 1.82) is 0 Å². The maximum atomic E-state index is 13.4. The fraction of sp³-hybridized carbons (Fsp3) is 0.286. The van der Waals surface area contributed by atoms with Crippen molar-refractivity contribution in [2.24, 2.45) is 0 Å². The number of hydrogen-bond donors (Lipinski definition) is 1. The first-order valence-corrected chi connectivity index (χ1v) is 9.01. The molecule has 3 aromatic rings. The number of furan rings is 1. The zero-order valence-electron chi connectivity index (χ0n) is 15.0. The molecule has 0 amide bonds. The summed E-state index contributed by atoms with van der Waals surface area (Å²) >= 11 is 0. The Balaban J connectivity index is 1.44. The second-order valence-electron chi connectivity index (χ2n) is 7.05. The lowest BCUT2D eigenvalue weighted by Crippen LogP contribution is -2.53. The van der Waals surface area contributed by atoms with Crippen molar-refractivity contribution in [3.63, 3.8) is 0 Å². The van der Waals surface area contributed by atoms with Crippen LogP contribution < -0.4 is 4.74 Å². The molecular weight excluding hydrogens is 368 g/mol.